The van der Waals surface area contributed by atoms with Crippen LogP contribution in [0.25, 0.3) is 0 Å². The van der Waals surface area contributed by atoms with Gasteiger partial charge in [-0.2, -0.15) is 26.3 Å². The number of anilines is 1. The average Bonchev–Trinajstić information content (AvgIpc) is 2.69. The first-order chi connectivity index (χ1) is 10.3. The maximum atomic E-state index is 13.2. The molecule has 0 bridgehead atoms. The lowest BCUT2D eigenvalue weighted by atomic mass is 10.1. The number of hydrogen-bond acceptors (Lipinski definition) is 4. The Morgan fingerprint density at radius 3 is 2.09 bits per heavy atom. The van der Waals surface area contributed by atoms with Crippen molar-refractivity contribution in [2.75, 3.05) is 5.32 Å². The number of carbonyl (C=O) groups excluding carboxylic acids is 1. The Morgan fingerprint density at radius 1 is 1.22 bits per heavy atom. The Kier molecular flexibility index (Phi) is 5.55. The van der Waals surface area contributed by atoms with E-state index in [1.54, 1.807) is 0 Å². The van der Waals surface area contributed by atoms with Crippen LogP contribution in [0.2, 0.25) is 0 Å². The second-order valence-corrected chi connectivity index (χ2v) is 6.53. The summed E-state index contributed by atoms with van der Waals surface area (Å²) in [6, 6.07) is 0. The Hall–Kier alpha value is -1.52. The van der Waals surface area contributed by atoms with E-state index in [2.05, 4.69) is 4.98 Å². The predicted octanol–water partition coefficient (Wildman–Crippen LogP) is 3.85. The molecule has 0 fully saturated rings. The third-order valence-electron chi connectivity index (χ3n) is 2.69. The number of aromatic nitrogens is 1. The molecule has 0 spiro atoms. The molecule has 0 aromatic carbocycles. The van der Waals surface area contributed by atoms with E-state index in [9.17, 15) is 31.1 Å². The van der Waals surface area contributed by atoms with E-state index in [-0.39, 0.29) is 0 Å². The van der Waals surface area contributed by atoms with E-state index >= 15 is 0 Å². The molecule has 1 aromatic heterocycles. The lowest BCUT2D eigenvalue weighted by molar-refractivity contribution is -0.296. The van der Waals surface area contributed by atoms with Gasteiger partial charge in [0.2, 0.25) is 5.91 Å². The summed E-state index contributed by atoms with van der Waals surface area (Å²) in [5.41, 5.74) is -4.60. The number of halogens is 6. The van der Waals surface area contributed by atoms with Crippen LogP contribution < -0.4 is 10.6 Å². The first-order valence-corrected chi connectivity index (χ1v) is 7.25. The summed E-state index contributed by atoms with van der Waals surface area (Å²) in [6.07, 6.45) is -11.0. The van der Waals surface area contributed by atoms with Gasteiger partial charge in [-0.3, -0.25) is 4.79 Å². The molecule has 0 aliphatic carbocycles. The predicted molar refractivity (Wildman–Crippen MR) is 72.9 cm³/mol. The van der Waals surface area contributed by atoms with Gasteiger partial charge in [0, 0.05) is 17.5 Å². The molecule has 23 heavy (non-hydrogen) atoms. The molecule has 0 saturated carbocycles. The second-order valence-electron chi connectivity index (χ2n) is 5.29. The SMILES string of the molecule is Cc1cnc(NC(NC(=O)CC(C)C)(C(F)(F)F)C(F)(F)F)s1. The highest BCUT2D eigenvalue weighted by Gasteiger charge is 2.72. The summed E-state index contributed by atoms with van der Waals surface area (Å²) in [4.78, 5) is 15.5. The number of carbonyl (C=O) groups is 1. The topological polar surface area (TPSA) is 54.0 Å². The molecule has 0 atom stereocenters. The number of aryl methyl sites for hydroxylation is 1. The normalized spacial score (nSPS) is 13.3. The lowest BCUT2D eigenvalue weighted by Crippen LogP contribution is -2.72. The molecule has 0 unspecified atom stereocenters. The third kappa shape index (κ3) is 4.49. The molecule has 1 amide bonds. The zero-order valence-corrected chi connectivity index (χ0v) is 13.2. The Morgan fingerprint density at radius 2 is 1.74 bits per heavy atom. The van der Waals surface area contributed by atoms with Crippen LogP contribution in [0.1, 0.15) is 25.1 Å². The molecule has 0 radical (unpaired) electrons. The van der Waals surface area contributed by atoms with E-state index in [1.165, 1.54) is 26.1 Å². The van der Waals surface area contributed by atoms with Crippen LogP contribution in [0.5, 0.6) is 0 Å². The zero-order valence-electron chi connectivity index (χ0n) is 12.4. The molecule has 2 N–H and O–H groups in total. The average molecular weight is 363 g/mol. The number of hydrogen-bond donors (Lipinski definition) is 2. The Balaban J connectivity index is 3.28. The highest BCUT2D eigenvalue weighted by molar-refractivity contribution is 7.15. The number of nitrogens with zero attached hydrogens (tertiary/aromatic N) is 1. The van der Waals surface area contributed by atoms with E-state index in [0.29, 0.717) is 16.2 Å². The van der Waals surface area contributed by atoms with Gasteiger partial charge in [0.1, 0.15) is 0 Å². The van der Waals surface area contributed by atoms with E-state index in [0.717, 1.165) is 11.5 Å². The van der Waals surface area contributed by atoms with Crippen molar-refractivity contribution < 1.29 is 31.1 Å². The van der Waals surface area contributed by atoms with Crippen LogP contribution in [-0.4, -0.2) is 28.9 Å². The van der Waals surface area contributed by atoms with Gasteiger partial charge in [0.15, 0.2) is 5.13 Å². The van der Waals surface area contributed by atoms with Crippen molar-refractivity contribution in [3.8, 4) is 0 Å². The number of alkyl halides is 6. The van der Waals surface area contributed by atoms with Gasteiger partial charge in [0.25, 0.3) is 0 Å². The van der Waals surface area contributed by atoms with Crippen LogP contribution in [0, 0.1) is 12.8 Å². The summed E-state index contributed by atoms with van der Waals surface area (Å²) in [6.45, 7) is 4.48. The highest BCUT2D eigenvalue weighted by Crippen LogP contribution is 2.44. The van der Waals surface area contributed by atoms with Crippen molar-refractivity contribution in [1.29, 1.82) is 0 Å². The summed E-state index contributed by atoms with van der Waals surface area (Å²) >= 11 is 0.614. The first kappa shape index (κ1) is 19.5. The zero-order chi connectivity index (χ0) is 18.1. The number of rotatable bonds is 5. The molecule has 132 valence electrons. The minimum atomic E-state index is -5.82. The van der Waals surface area contributed by atoms with Gasteiger partial charge in [0.05, 0.1) is 0 Å². The van der Waals surface area contributed by atoms with Gasteiger partial charge in [-0.05, 0) is 12.8 Å². The van der Waals surface area contributed by atoms with Gasteiger partial charge >= 0.3 is 18.0 Å². The van der Waals surface area contributed by atoms with Gasteiger partial charge in [-0.15, -0.1) is 11.3 Å². The molecular formula is C12H15F6N3OS. The molecule has 0 aliphatic heterocycles. The van der Waals surface area contributed by atoms with Crippen LogP contribution in [0.3, 0.4) is 0 Å². The van der Waals surface area contributed by atoms with E-state index in [4.69, 9.17) is 0 Å². The van der Waals surface area contributed by atoms with Gasteiger partial charge in [-0.25, -0.2) is 4.98 Å². The second kappa shape index (κ2) is 6.54. The quantitative estimate of drug-likeness (QED) is 0.617. The standard InChI is InChI=1S/C12H15F6N3OS/c1-6(2)4-8(22)20-10(11(13,14)15,12(16,17)18)21-9-19-5-7(3)23-9/h5-6H,4H2,1-3H3,(H,19,21)(H,20,22). The number of thiazole rings is 1. The highest BCUT2D eigenvalue weighted by atomic mass is 32.1. The minimum Gasteiger partial charge on any atom is -0.324 e. The van der Waals surface area contributed by atoms with Crippen molar-refractivity contribution >= 4 is 22.4 Å². The maximum Gasteiger partial charge on any atom is 0.439 e. The fourth-order valence-electron chi connectivity index (χ4n) is 1.68. The van der Waals surface area contributed by atoms with Crippen LogP contribution in [0.4, 0.5) is 31.5 Å². The molecular weight excluding hydrogens is 348 g/mol. The number of nitrogens with one attached hydrogen (secondary N) is 2. The molecule has 1 aromatic rings. The molecule has 0 saturated heterocycles. The maximum absolute atomic E-state index is 13.2. The van der Waals surface area contributed by atoms with Crippen molar-refractivity contribution in [3.63, 3.8) is 0 Å². The fourth-order valence-corrected chi connectivity index (χ4v) is 2.40. The van der Waals surface area contributed by atoms with E-state index < -0.39 is 41.4 Å². The summed E-state index contributed by atoms with van der Waals surface area (Å²) in [7, 11) is 0. The molecule has 0 aliphatic rings. The van der Waals surface area contributed by atoms with E-state index in [1.807, 2.05) is 0 Å². The fraction of sp³-hybridized carbons (Fsp3) is 0.667. The summed E-state index contributed by atoms with van der Waals surface area (Å²) in [5, 5.41) is 1.79. The van der Waals surface area contributed by atoms with Crippen molar-refractivity contribution in [3.05, 3.63) is 11.1 Å². The molecule has 1 rings (SSSR count). The monoisotopic (exact) mass is 363 g/mol. The largest absolute Gasteiger partial charge is 0.439 e. The van der Waals surface area contributed by atoms with Crippen molar-refractivity contribution in [1.82, 2.24) is 10.3 Å². The molecule has 4 nitrogen and oxygen atoms in total. The summed E-state index contributed by atoms with van der Waals surface area (Å²) < 4.78 is 79.4. The smallest absolute Gasteiger partial charge is 0.324 e. The summed E-state index contributed by atoms with van der Waals surface area (Å²) in [5.74, 6) is -1.77. The van der Waals surface area contributed by atoms with Crippen LogP contribution in [-0.2, 0) is 4.79 Å². The lowest BCUT2D eigenvalue weighted by Gasteiger charge is -2.38. The number of amides is 1. The molecule has 1 heterocycles. The van der Waals surface area contributed by atoms with Crippen molar-refractivity contribution in [2.24, 2.45) is 5.92 Å². The first-order valence-electron chi connectivity index (χ1n) is 6.43. The van der Waals surface area contributed by atoms with Crippen LogP contribution >= 0.6 is 11.3 Å². The van der Waals surface area contributed by atoms with Crippen molar-refractivity contribution in [2.45, 2.75) is 45.2 Å². The van der Waals surface area contributed by atoms with Gasteiger partial charge < -0.3 is 10.6 Å². The molecule has 11 heteroatoms. The third-order valence-corrected chi connectivity index (χ3v) is 3.51. The Bertz CT molecular complexity index is 538. The van der Waals surface area contributed by atoms with Crippen LogP contribution in [0.15, 0.2) is 6.20 Å². The Labute approximate surface area is 132 Å². The minimum absolute atomic E-state index is 0.406. The van der Waals surface area contributed by atoms with Gasteiger partial charge in [-0.1, -0.05) is 13.8 Å².